The Balaban J connectivity index is 0.00000220. The molecule has 2 unspecified atom stereocenters. The van der Waals surface area contributed by atoms with Gasteiger partial charge in [0, 0.05) is 13.1 Å². The maximum absolute atomic E-state index is 12.5. The number of hydrogen-bond acceptors (Lipinski definition) is 3. The number of aliphatic hydroxyl groups is 1. The van der Waals surface area contributed by atoms with E-state index < -0.39 is 23.9 Å². The van der Waals surface area contributed by atoms with E-state index in [1.54, 1.807) is 0 Å². The third-order valence-corrected chi connectivity index (χ3v) is 3.15. The van der Waals surface area contributed by atoms with Crippen molar-refractivity contribution in [2.24, 2.45) is 0 Å². The van der Waals surface area contributed by atoms with Crippen molar-refractivity contribution in [1.82, 2.24) is 10.6 Å². The van der Waals surface area contributed by atoms with Crippen molar-refractivity contribution in [3.63, 3.8) is 0 Å². The van der Waals surface area contributed by atoms with Crippen molar-refractivity contribution in [3.8, 4) is 0 Å². The van der Waals surface area contributed by atoms with Crippen LogP contribution < -0.4 is 10.6 Å². The zero-order valence-electron chi connectivity index (χ0n) is 11.0. The molecule has 21 heavy (non-hydrogen) atoms. The lowest BCUT2D eigenvalue weighted by atomic mass is 10.1. The number of rotatable bonds is 3. The van der Waals surface area contributed by atoms with Crippen LogP contribution in [0.4, 0.5) is 13.2 Å². The van der Waals surface area contributed by atoms with E-state index in [0.29, 0.717) is 18.5 Å². The molecule has 8 heteroatoms. The van der Waals surface area contributed by atoms with E-state index in [4.69, 9.17) is 0 Å². The number of nitrogens with one attached hydrogen (secondary N) is 2. The molecule has 0 aliphatic carbocycles. The molecule has 4 nitrogen and oxygen atoms in total. The van der Waals surface area contributed by atoms with Gasteiger partial charge in [0.15, 0.2) is 0 Å². The van der Waals surface area contributed by atoms with Crippen LogP contribution in [-0.2, 0) is 17.5 Å². The molecular weight excluding hydrogens is 309 g/mol. The first-order valence-electron chi connectivity index (χ1n) is 6.21. The summed E-state index contributed by atoms with van der Waals surface area (Å²) in [6, 6.07) is 4.34. The Morgan fingerprint density at radius 3 is 2.71 bits per heavy atom. The van der Waals surface area contributed by atoms with Crippen LogP contribution in [0.15, 0.2) is 24.3 Å². The fourth-order valence-electron chi connectivity index (χ4n) is 2.09. The van der Waals surface area contributed by atoms with Gasteiger partial charge in [0.05, 0.1) is 17.7 Å². The highest BCUT2D eigenvalue weighted by molar-refractivity contribution is 5.85. The highest BCUT2D eigenvalue weighted by Gasteiger charge is 2.30. The summed E-state index contributed by atoms with van der Waals surface area (Å²) in [5, 5.41) is 14.7. The first-order chi connectivity index (χ1) is 9.36. The van der Waals surface area contributed by atoms with Crippen LogP contribution in [0, 0.1) is 0 Å². The molecule has 0 radical (unpaired) electrons. The average Bonchev–Trinajstić information content (AvgIpc) is 2.82. The van der Waals surface area contributed by atoms with Crippen LogP contribution in [0.2, 0.25) is 0 Å². The molecule has 0 aromatic heterocycles. The van der Waals surface area contributed by atoms with Gasteiger partial charge in [-0.1, -0.05) is 12.1 Å². The van der Waals surface area contributed by atoms with Crippen molar-refractivity contribution in [2.75, 3.05) is 6.54 Å². The van der Waals surface area contributed by atoms with Crippen molar-refractivity contribution in [1.29, 1.82) is 0 Å². The minimum Gasteiger partial charge on any atom is -0.392 e. The molecule has 1 saturated heterocycles. The first-order valence-corrected chi connectivity index (χ1v) is 6.21. The lowest BCUT2D eigenvalue weighted by molar-refractivity contribution is -0.137. The molecule has 1 heterocycles. The number of aliphatic hydroxyl groups excluding tert-OH is 1. The van der Waals surface area contributed by atoms with Gasteiger partial charge in [-0.05, 0) is 24.1 Å². The molecule has 1 aromatic rings. The average molecular weight is 325 g/mol. The molecule has 1 fully saturated rings. The number of carbonyl (C=O) groups excluding carboxylic acids is 1. The third kappa shape index (κ3) is 4.87. The van der Waals surface area contributed by atoms with Gasteiger partial charge in [-0.2, -0.15) is 13.2 Å². The predicted molar refractivity (Wildman–Crippen MR) is 73.0 cm³/mol. The van der Waals surface area contributed by atoms with Gasteiger partial charge < -0.3 is 15.7 Å². The SMILES string of the molecule is Cl.O=C(NCc1cccc(C(F)(F)F)c1)C1CC(O)CN1. The summed E-state index contributed by atoms with van der Waals surface area (Å²) in [5.74, 6) is -0.320. The Labute approximate surface area is 126 Å². The summed E-state index contributed by atoms with van der Waals surface area (Å²) in [7, 11) is 0. The lowest BCUT2D eigenvalue weighted by Gasteiger charge is -2.12. The first kappa shape index (κ1) is 17.7. The Bertz CT molecular complexity index is 497. The lowest BCUT2D eigenvalue weighted by Crippen LogP contribution is -2.40. The Morgan fingerprint density at radius 2 is 2.14 bits per heavy atom. The van der Waals surface area contributed by atoms with E-state index in [1.807, 2.05) is 0 Å². The summed E-state index contributed by atoms with van der Waals surface area (Å²) in [4.78, 5) is 11.7. The highest BCUT2D eigenvalue weighted by atomic mass is 35.5. The van der Waals surface area contributed by atoms with Gasteiger partial charge in [-0.25, -0.2) is 0 Å². The van der Waals surface area contributed by atoms with Crippen LogP contribution in [0.1, 0.15) is 17.5 Å². The van der Waals surface area contributed by atoms with Crippen molar-refractivity contribution < 1.29 is 23.1 Å². The van der Waals surface area contributed by atoms with E-state index >= 15 is 0 Å². The van der Waals surface area contributed by atoms with E-state index in [0.717, 1.165) is 12.1 Å². The molecule has 2 rings (SSSR count). The molecule has 118 valence electrons. The second kappa shape index (κ2) is 7.11. The fraction of sp³-hybridized carbons (Fsp3) is 0.462. The molecular formula is C13H16ClF3N2O2. The number of halogens is 4. The van der Waals surface area contributed by atoms with Gasteiger partial charge >= 0.3 is 6.18 Å². The Hall–Kier alpha value is -1.31. The van der Waals surface area contributed by atoms with Gasteiger partial charge in [0.25, 0.3) is 0 Å². The van der Waals surface area contributed by atoms with E-state index in [2.05, 4.69) is 10.6 Å². The minimum absolute atomic E-state index is 0. The predicted octanol–water partition coefficient (Wildman–Crippen LogP) is 1.47. The molecule has 0 spiro atoms. The number of carbonyl (C=O) groups is 1. The molecule has 0 saturated carbocycles. The number of benzene rings is 1. The second-order valence-corrected chi connectivity index (χ2v) is 4.77. The summed E-state index contributed by atoms with van der Waals surface area (Å²) >= 11 is 0. The van der Waals surface area contributed by atoms with Crippen LogP contribution in [0.5, 0.6) is 0 Å². The van der Waals surface area contributed by atoms with Crippen LogP contribution in [0.25, 0.3) is 0 Å². The van der Waals surface area contributed by atoms with Crippen molar-refractivity contribution in [2.45, 2.75) is 31.3 Å². The van der Waals surface area contributed by atoms with Gasteiger partial charge in [-0.3, -0.25) is 4.79 Å². The van der Waals surface area contributed by atoms with Gasteiger partial charge in [0.2, 0.25) is 5.91 Å². The summed E-state index contributed by atoms with van der Waals surface area (Å²) in [6.45, 7) is 0.374. The standard InChI is InChI=1S/C13H15F3N2O2.ClH/c14-13(15,16)9-3-1-2-8(4-9)6-18-12(20)11-5-10(19)7-17-11;/h1-4,10-11,17,19H,5-7H2,(H,18,20);1H. The maximum atomic E-state index is 12.5. The third-order valence-electron chi connectivity index (χ3n) is 3.15. The zero-order chi connectivity index (χ0) is 14.8. The summed E-state index contributed by atoms with van der Waals surface area (Å²) in [6.07, 6.45) is -4.63. The van der Waals surface area contributed by atoms with E-state index in [9.17, 15) is 23.1 Å². The summed E-state index contributed by atoms with van der Waals surface area (Å²) in [5.41, 5.74) is -0.356. The molecule has 1 aromatic carbocycles. The topological polar surface area (TPSA) is 61.4 Å². The fourth-order valence-corrected chi connectivity index (χ4v) is 2.09. The number of hydrogen-bond donors (Lipinski definition) is 3. The van der Waals surface area contributed by atoms with Crippen LogP contribution >= 0.6 is 12.4 Å². The summed E-state index contributed by atoms with van der Waals surface area (Å²) < 4.78 is 37.6. The smallest absolute Gasteiger partial charge is 0.392 e. The van der Waals surface area contributed by atoms with E-state index in [-0.39, 0.29) is 24.9 Å². The normalized spacial score (nSPS) is 21.7. The largest absolute Gasteiger partial charge is 0.416 e. The minimum atomic E-state index is -4.39. The van der Waals surface area contributed by atoms with Crippen LogP contribution in [0.3, 0.4) is 0 Å². The van der Waals surface area contributed by atoms with Gasteiger partial charge in [-0.15, -0.1) is 12.4 Å². The Morgan fingerprint density at radius 1 is 1.43 bits per heavy atom. The zero-order valence-corrected chi connectivity index (χ0v) is 11.8. The number of amides is 1. The quantitative estimate of drug-likeness (QED) is 0.789. The van der Waals surface area contributed by atoms with Crippen molar-refractivity contribution >= 4 is 18.3 Å². The number of alkyl halides is 3. The molecule has 1 amide bonds. The maximum Gasteiger partial charge on any atom is 0.416 e. The van der Waals surface area contributed by atoms with Crippen LogP contribution in [-0.4, -0.2) is 29.7 Å². The highest BCUT2D eigenvalue weighted by Crippen LogP contribution is 2.29. The molecule has 0 bridgehead atoms. The van der Waals surface area contributed by atoms with E-state index in [1.165, 1.54) is 12.1 Å². The number of β-amino-alcohol motifs (C(OH)–C–C–N with tert-alkyl or cyclic N) is 1. The van der Waals surface area contributed by atoms with Gasteiger partial charge in [0.1, 0.15) is 0 Å². The molecule has 2 atom stereocenters. The second-order valence-electron chi connectivity index (χ2n) is 4.77. The molecule has 3 N–H and O–H groups in total. The van der Waals surface area contributed by atoms with Crippen molar-refractivity contribution in [3.05, 3.63) is 35.4 Å². The molecule has 1 aliphatic heterocycles. The molecule has 1 aliphatic rings. The monoisotopic (exact) mass is 324 g/mol. The Kier molecular flexibility index (Phi) is 6.00.